The average Bonchev–Trinajstić information content (AvgIpc) is 2.79. The van der Waals surface area contributed by atoms with E-state index in [2.05, 4.69) is 21.2 Å². The molecule has 0 atom stereocenters. The standard InChI is InChI=1S/C23H23BrN2O5S/c1-16-8-10-17(11-9-16)26(15-23(27)25-20-7-5-4-6-19(20)24)32(28,29)18-12-13-21(30-2)22(14-18)31-3/h4-14H,15H2,1-3H3,(H,25,27). The Morgan fingerprint density at radius 1 is 0.969 bits per heavy atom. The van der Waals surface area contributed by atoms with Gasteiger partial charge in [0, 0.05) is 10.5 Å². The number of anilines is 2. The second kappa shape index (κ2) is 10.1. The van der Waals surface area contributed by atoms with Crippen LogP contribution in [0.2, 0.25) is 0 Å². The van der Waals surface area contributed by atoms with Gasteiger partial charge in [0.25, 0.3) is 10.0 Å². The highest BCUT2D eigenvalue weighted by Crippen LogP contribution is 2.32. The molecule has 3 rings (SSSR count). The van der Waals surface area contributed by atoms with Crippen LogP contribution in [0.15, 0.2) is 76.1 Å². The number of rotatable bonds is 8. The van der Waals surface area contributed by atoms with Gasteiger partial charge in [-0.3, -0.25) is 9.10 Å². The molecular formula is C23H23BrN2O5S. The lowest BCUT2D eigenvalue weighted by Crippen LogP contribution is -2.38. The number of carbonyl (C=O) groups is 1. The number of ether oxygens (including phenoxy) is 2. The maximum atomic E-state index is 13.6. The molecule has 1 N–H and O–H groups in total. The van der Waals surface area contributed by atoms with Gasteiger partial charge in [0.15, 0.2) is 11.5 Å². The Morgan fingerprint density at radius 3 is 2.25 bits per heavy atom. The fourth-order valence-electron chi connectivity index (χ4n) is 3.01. The summed E-state index contributed by atoms with van der Waals surface area (Å²) < 4.78 is 39.4. The summed E-state index contributed by atoms with van der Waals surface area (Å²) in [5, 5.41) is 2.75. The third kappa shape index (κ3) is 5.23. The fourth-order valence-corrected chi connectivity index (χ4v) is 4.83. The maximum Gasteiger partial charge on any atom is 0.264 e. The van der Waals surface area contributed by atoms with Crippen molar-refractivity contribution in [2.75, 3.05) is 30.4 Å². The molecule has 0 aliphatic carbocycles. The van der Waals surface area contributed by atoms with E-state index in [0.29, 0.717) is 21.6 Å². The number of hydrogen-bond donors (Lipinski definition) is 1. The molecule has 0 saturated heterocycles. The smallest absolute Gasteiger partial charge is 0.264 e. The molecule has 32 heavy (non-hydrogen) atoms. The summed E-state index contributed by atoms with van der Waals surface area (Å²) in [4.78, 5) is 12.8. The number of halogens is 1. The monoisotopic (exact) mass is 518 g/mol. The zero-order valence-electron chi connectivity index (χ0n) is 17.8. The van der Waals surface area contributed by atoms with Crippen LogP contribution < -0.4 is 19.1 Å². The van der Waals surface area contributed by atoms with Gasteiger partial charge in [-0.15, -0.1) is 0 Å². The Hall–Kier alpha value is -3.04. The molecule has 0 unspecified atom stereocenters. The minimum atomic E-state index is -4.10. The quantitative estimate of drug-likeness (QED) is 0.470. The molecule has 0 bridgehead atoms. The predicted molar refractivity (Wildman–Crippen MR) is 128 cm³/mol. The van der Waals surface area contributed by atoms with Crippen LogP contribution in [0, 0.1) is 6.92 Å². The first-order chi connectivity index (χ1) is 15.3. The van der Waals surface area contributed by atoms with Crippen molar-refractivity contribution in [2.45, 2.75) is 11.8 Å². The molecule has 0 fully saturated rings. The van der Waals surface area contributed by atoms with Gasteiger partial charge < -0.3 is 14.8 Å². The van der Waals surface area contributed by atoms with E-state index in [9.17, 15) is 13.2 Å². The molecular weight excluding hydrogens is 496 g/mol. The van der Waals surface area contributed by atoms with Gasteiger partial charge in [-0.2, -0.15) is 0 Å². The summed E-state index contributed by atoms with van der Waals surface area (Å²) in [5.74, 6) is 0.191. The lowest BCUT2D eigenvalue weighted by atomic mass is 10.2. The second-order valence-corrected chi connectivity index (χ2v) is 9.61. The summed E-state index contributed by atoms with van der Waals surface area (Å²) in [5.41, 5.74) is 1.88. The number of nitrogens with zero attached hydrogens (tertiary/aromatic N) is 1. The van der Waals surface area contributed by atoms with E-state index in [-0.39, 0.29) is 10.6 Å². The van der Waals surface area contributed by atoms with Gasteiger partial charge in [-0.1, -0.05) is 29.8 Å². The Balaban J connectivity index is 2.00. The average molecular weight is 519 g/mol. The highest BCUT2D eigenvalue weighted by atomic mass is 79.9. The molecule has 7 nitrogen and oxygen atoms in total. The van der Waals surface area contributed by atoms with Crippen molar-refractivity contribution in [3.8, 4) is 11.5 Å². The number of para-hydroxylation sites is 1. The number of aryl methyl sites for hydroxylation is 1. The highest BCUT2D eigenvalue weighted by Gasteiger charge is 2.28. The van der Waals surface area contributed by atoms with E-state index < -0.39 is 22.5 Å². The van der Waals surface area contributed by atoms with Crippen molar-refractivity contribution >= 4 is 43.2 Å². The Morgan fingerprint density at radius 2 is 1.62 bits per heavy atom. The van der Waals surface area contributed by atoms with Crippen molar-refractivity contribution in [2.24, 2.45) is 0 Å². The van der Waals surface area contributed by atoms with Crippen LogP contribution >= 0.6 is 15.9 Å². The van der Waals surface area contributed by atoms with Crippen molar-refractivity contribution in [3.05, 3.63) is 76.8 Å². The van der Waals surface area contributed by atoms with E-state index in [1.54, 1.807) is 42.5 Å². The van der Waals surface area contributed by atoms with Crippen LogP contribution in [0.4, 0.5) is 11.4 Å². The van der Waals surface area contributed by atoms with Crippen molar-refractivity contribution in [1.29, 1.82) is 0 Å². The van der Waals surface area contributed by atoms with Crippen LogP contribution in [0.5, 0.6) is 11.5 Å². The number of nitrogens with one attached hydrogen (secondary N) is 1. The fraction of sp³-hybridized carbons (Fsp3) is 0.174. The molecule has 0 heterocycles. The molecule has 0 aliphatic heterocycles. The third-order valence-corrected chi connectivity index (χ3v) is 7.16. The molecule has 0 spiro atoms. The lowest BCUT2D eigenvalue weighted by molar-refractivity contribution is -0.114. The summed E-state index contributed by atoms with van der Waals surface area (Å²) in [7, 11) is -1.20. The molecule has 0 aromatic heterocycles. The molecule has 0 aliphatic rings. The topological polar surface area (TPSA) is 84.9 Å². The largest absolute Gasteiger partial charge is 0.493 e. The van der Waals surface area contributed by atoms with Crippen LogP contribution in [0.25, 0.3) is 0 Å². The first-order valence-electron chi connectivity index (χ1n) is 9.62. The second-order valence-electron chi connectivity index (χ2n) is 6.89. The van der Waals surface area contributed by atoms with Crippen molar-refractivity contribution in [3.63, 3.8) is 0 Å². The van der Waals surface area contributed by atoms with Gasteiger partial charge in [0.2, 0.25) is 5.91 Å². The summed E-state index contributed by atoms with van der Waals surface area (Å²) in [6.07, 6.45) is 0. The number of sulfonamides is 1. The van der Waals surface area contributed by atoms with Crippen LogP contribution in [0.3, 0.4) is 0 Å². The molecule has 9 heteroatoms. The van der Waals surface area contributed by atoms with Crippen LogP contribution in [-0.4, -0.2) is 35.1 Å². The molecule has 3 aromatic rings. The highest BCUT2D eigenvalue weighted by molar-refractivity contribution is 9.10. The third-order valence-electron chi connectivity index (χ3n) is 4.70. The SMILES string of the molecule is COc1ccc(S(=O)(=O)N(CC(=O)Nc2ccccc2Br)c2ccc(C)cc2)cc1OC. The van der Waals surface area contributed by atoms with E-state index >= 15 is 0 Å². The number of amides is 1. The van der Waals surface area contributed by atoms with Crippen LogP contribution in [0.1, 0.15) is 5.56 Å². The minimum Gasteiger partial charge on any atom is -0.493 e. The van der Waals surface area contributed by atoms with E-state index in [0.717, 1.165) is 9.87 Å². The Labute approximate surface area is 196 Å². The van der Waals surface area contributed by atoms with Crippen molar-refractivity contribution in [1.82, 2.24) is 0 Å². The normalized spacial score (nSPS) is 11.0. The number of carbonyl (C=O) groups excluding carboxylic acids is 1. The number of hydrogen-bond acceptors (Lipinski definition) is 5. The number of methoxy groups -OCH3 is 2. The Kier molecular flexibility index (Phi) is 7.42. The first kappa shape index (κ1) is 23.6. The maximum absolute atomic E-state index is 13.6. The van der Waals surface area contributed by atoms with E-state index in [4.69, 9.17) is 9.47 Å². The van der Waals surface area contributed by atoms with Crippen LogP contribution in [-0.2, 0) is 14.8 Å². The molecule has 0 radical (unpaired) electrons. The molecule has 1 amide bonds. The zero-order valence-corrected chi connectivity index (χ0v) is 20.2. The summed E-state index contributed by atoms with van der Waals surface area (Å²) in [6.45, 7) is 1.48. The van der Waals surface area contributed by atoms with Gasteiger partial charge >= 0.3 is 0 Å². The molecule has 3 aromatic carbocycles. The lowest BCUT2D eigenvalue weighted by Gasteiger charge is -2.24. The minimum absolute atomic E-state index is 0.0237. The van der Waals surface area contributed by atoms with Gasteiger partial charge in [0.05, 0.1) is 30.5 Å². The van der Waals surface area contributed by atoms with Gasteiger partial charge in [-0.25, -0.2) is 8.42 Å². The predicted octanol–water partition coefficient (Wildman–Crippen LogP) is 4.61. The molecule has 0 saturated carbocycles. The van der Waals surface area contributed by atoms with Crippen molar-refractivity contribution < 1.29 is 22.7 Å². The molecule has 168 valence electrons. The van der Waals surface area contributed by atoms with E-state index in [1.165, 1.54) is 32.4 Å². The van der Waals surface area contributed by atoms with Gasteiger partial charge in [-0.05, 0) is 59.3 Å². The summed E-state index contributed by atoms with van der Waals surface area (Å²) in [6, 6.07) is 18.3. The Bertz CT molecular complexity index is 1210. The number of benzene rings is 3. The summed E-state index contributed by atoms with van der Waals surface area (Å²) >= 11 is 3.38. The van der Waals surface area contributed by atoms with Gasteiger partial charge in [0.1, 0.15) is 6.54 Å². The first-order valence-corrected chi connectivity index (χ1v) is 11.9. The zero-order chi connectivity index (χ0) is 23.3. The van der Waals surface area contributed by atoms with E-state index in [1.807, 2.05) is 13.0 Å².